The van der Waals surface area contributed by atoms with E-state index in [1.165, 1.54) is 0 Å². The molecular weight excluding hydrogens is 252 g/mol. The Labute approximate surface area is 118 Å². The number of hydrogen-bond donors (Lipinski definition) is 0. The van der Waals surface area contributed by atoms with E-state index in [4.69, 9.17) is 0 Å². The minimum absolute atomic E-state index is 0.0952. The van der Waals surface area contributed by atoms with E-state index < -0.39 is 0 Å². The Hall–Kier alpha value is -1.98. The number of rotatable bonds is 3. The zero-order valence-electron chi connectivity index (χ0n) is 10.7. The van der Waals surface area contributed by atoms with Gasteiger partial charge in [-0.2, -0.15) is 0 Å². The van der Waals surface area contributed by atoms with Gasteiger partial charge in [-0.1, -0.05) is 42.2 Å². The number of hydrogen-bond acceptors (Lipinski definition) is 2. The molecule has 0 saturated carbocycles. The molecule has 0 radical (unpaired) electrons. The van der Waals surface area contributed by atoms with Crippen molar-refractivity contribution in [3.05, 3.63) is 65.7 Å². The first kappa shape index (κ1) is 13.5. The van der Waals surface area contributed by atoms with Crippen molar-refractivity contribution in [3.8, 4) is 11.8 Å². The van der Waals surface area contributed by atoms with Gasteiger partial charge in [0.1, 0.15) is 0 Å². The Bertz CT molecular complexity index is 620. The summed E-state index contributed by atoms with van der Waals surface area (Å²) in [6, 6.07) is 17.6. The van der Waals surface area contributed by atoms with Crippen LogP contribution >= 0.6 is 11.8 Å². The van der Waals surface area contributed by atoms with Gasteiger partial charge in [0, 0.05) is 16.0 Å². The fourth-order valence-corrected chi connectivity index (χ4v) is 2.28. The number of Topliss-reactive ketones (excluding diaryl/α,β-unsaturated/α-hetero) is 1. The molecule has 2 aromatic rings. The summed E-state index contributed by atoms with van der Waals surface area (Å²) in [4.78, 5) is 12.4. The standard InChI is InChI=1S/C17H14OS/c1-14(18)16-10-5-11-17(13-16)19-12-6-9-15-7-3-2-4-8-15/h2-5,7-8,10-11,13H,12H2,1H3. The SMILES string of the molecule is CC(=O)c1cccc(SCC#Cc2ccccc2)c1. The van der Waals surface area contributed by atoms with Crippen LogP contribution in [0, 0.1) is 11.8 Å². The summed E-state index contributed by atoms with van der Waals surface area (Å²) in [5, 5.41) is 0. The van der Waals surface area contributed by atoms with Crippen LogP contribution in [-0.2, 0) is 0 Å². The number of benzene rings is 2. The first-order valence-electron chi connectivity index (χ1n) is 6.03. The number of carbonyl (C=O) groups excluding carboxylic acids is 1. The zero-order valence-corrected chi connectivity index (χ0v) is 11.5. The molecule has 2 rings (SSSR count). The van der Waals surface area contributed by atoms with Gasteiger partial charge in [0.05, 0.1) is 5.75 Å². The van der Waals surface area contributed by atoms with E-state index in [1.54, 1.807) is 18.7 Å². The summed E-state index contributed by atoms with van der Waals surface area (Å²) in [7, 11) is 0. The van der Waals surface area contributed by atoms with Crippen molar-refractivity contribution in [3.63, 3.8) is 0 Å². The monoisotopic (exact) mass is 266 g/mol. The van der Waals surface area contributed by atoms with Gasteiger partial charge in [-0.25, -0.2) is 0 Å². The third kappa shape index (κ3) is 4.31. The highest BCUT2D eigenvalue weighted by Gasteiger charge is 1.99. The minimum Gasteiger partial charge on any atom is -0.295 e. The molecule has 0 saturated heterocycles. The van der Waals surface area contributed by atoms with E-state index in [0.717, 1.165) is 21.8 Å². The summed E-state index contributed by atoms with van der Waals surface area (Å²) in [5.41, 5.74) is 1.78. The molecule has 0 aromatic heterocycles. The highest BCUT2D eigenvalue weighted by Crippen LogP contribution is 2.18. The quantitative estimate of drug-likeness (QED) is 0.474. The molecule has 0 amide bonds. The summed E-state index contributed by atoms with van der Waals surface area (Å²) in [6.07, 6.45) is 0. The van der Waals surface area contributed by atoms with Crippen LogP contribution in [0.25, 0.3) is 0 Å². The fraction of sp³-hybridized carbons (Fsp3) is 0.118. The summed E-state index contributed by atoms with van der Waals surface area (Å²) in [5.74, 6) is 7.06. The van der Waals surface area contributed by atoms with Crippen LogP contribution in [0.3, 0.4) is 0 Å². The van der Waals surface area contributed by atoms with Crippen LogP contribution in [0.2, 0.25) is 0 Å². The van der Waals surface area contributed by atoms with Crippen molar-refractivity contribution in [2.75, 3.05) is 5.75 Å². The number of carbonyl (C=O) groups is 1. The Morgan fingerprint density at radius 3 is 2.63 bits per heavy atom. The Balaban J connectivity index is 1.95. The van der Waals surface area contributed by atoms with Crippen LogP contribution < -0.4 is 0 Å². The molecule has 1 nitrogen and oxygen atoms in total. The van der Waals surface area contributed by atoms with Gasteiger partial charge >= 0.3 is 0 Å². The third-order valence-corrected chi connectivity index (χ3v) is 3.43. The molecule has 2 heteroatoms. The van der Waals surface area contributed by atoms with Gasteiger partial charge < -0.3 is 0 Å². The predicted molar refractivity (Wildman–Crippen MR) is 80.5 cm³/mol. The molecule has 0 aliphatic rings. The van der Waals surface area contributed by atoms with Crippen molar-refractivity contribution in [2.45, 2.75) is 11.8 Å². The molecule has 0 heterocycles. The third-order valence-electron chi connectivity index (χ3n) is 2.56. The van der Waals surface area contributed by atoms with Crippen molar-refractivity contribution < 1.29 is 4.79 Å². The number of ketones is 1. The molecule has 19 heavy (non-hydrogen) atoms. The fourth-order valence-electron chi connectivity index (χ4n) is 1.58. The lowest BCUT2D eigenvalue weighted by Crippen LogP contribution is -1.91. The predicted octanol–water partition coefficient (Wildman–Crippen LogP) is 4.03. The molecule has 0 fully saturated rings. The molecule has 0 unspecified atom stereocenters. The van der Waals surface area contributed by atoms with Crippen LogP contribution in [0.1, 0.15) is 22.8 Å². The largest absolute Gasteiger partial charge is 0.295 e. The molecule has 94 valence electrons. The second-order valence-corrected chi connectivity index (χ2v) is 5.09. The molecular formula is C17H14OS. The molecule has 0 bridgehead atoms. The molecule has 0 spiro atoms. The lowest BCUT2D eigenvalue weighted by atomic mass is 10.2. The van der Waals surface area contributed by atoms with Gasteiger partial charge in [0.25, 0.3) is 0 Å². The smallest absolute Gasteiger partial charge is 0.159 e. The normalized spacial score (nSPS) is 9.53. The van der Waals surface area contributed by atoms with Crippen molar-refractivity contribution in [2.24, 2.45) is 0 Å². The first-order chi connectivity index (χ1) is 9.25. The maximum Gasteiger partial charge on any atom is 0.159 e. The van der Waals surface area contributed by atoms with E-state index in [0.29, 0.717) is 0 Å². The highest BCUT2D eigenvalue weighted by atomic mass is 32.2. The first-order valence-corrected chi connectivity index (χ1v) is 7.02. The molecule has 0 atom stereocenters. The Kier molecular flexibility index (Phi) is 4.83. The number of thioether (sulfide) groups is 1. The maximum absolute atomic E-state index is 11.3. The van der Waals surface area contributed by atoms with E-state index in [-0.39, 0.29) is 5.78 Å². The minimum atomic E-state index is 0.0952. The lowest BCUT2D eigenvalue weighted by Gasteiger charge is -1.99. The van der Waals surface area contributed by atoms with Crippen molar-refractivity contribution >= 4 is 17.5 Å². The second kappa shape index (κ2) is 6.82. The average Bonchev–Trinajstić information content (AvgIpc) is 2.45. The Morgan fingerprint density at radius 1 is 1.11 bits per heavy atom. The highest BCUT2D eigenvalue weighted by molar-refractivity contribution is 7.99. The van der Waals surface area contributed by atoms with Gasteiger partial charge in [-0.05, 0) is 31.2 Å². The van der Waals surface area contributed by atoms with Gasteiger partial charge in [-0.15, -0.1) is 11.8 Å². The summed E-state index contributed by atoms with van der Waals surface area (Å²) < 4.78 is 0. The Morgan fingerprint density at radius 2 is 1.89 bits per heavy atom. The molecule has 2 aromatic carbocycles. The molecule has 0 aliphatic carbocycles. The maximum atomic E-state index is 11.3. The summed E-state index contributed by atoms with van der Waals surface area (Å²) in [6.45, 7) is 1.58. The second-order valence-electron chi connectivity index (χ2n) is 4.04. The van der Waals surface area contributed by atoms with Gasteiger partial charge in [0.15, 0.2) is 5.78 Å². The van der Waals surface area contributed by atoms with E-state index in [9.17, 15) is 4.79 Å². The molecule has 0 N–H and O–H groups in total. The summed E-state index contributed by atoms with van der Waals surface area (Å²) >= 11 is 1.65. The molecule has 0 aliphatic heterocycles. The van der Waals surface area contributed by atoms with Crippen LogP contribution in [0.4, 0.5) is 0 Å². The van der Waals surface area contributed by atoms with Crippen LogP contribution in [-0.4, -0.2) is 11.5 Å². The van der Waals surface area contributed by atoms with E-state index in [1.807, 2.05) is 54.6 Å². The van der Waals surface area contributed by atoms with Gasteiger partial charge in [-0.3, -0.25) is 4.79 Å². The topological polar surface area (TPSA) is 17.1 Å². The van der Waals surface area contributed by atoms with E-state index in [2.05, 4.69) is 11.8 Å². The average molecular weight is 266 g/mol. The van der Waals surface area contributed by atoms with Crippen molar-refractivity contribution in [1.82, 2.24) is 0 Å². The van der Waals surface area contributed by atoms with Gasteiger partial charge in [0.2, 0.25) is 0 Å². The van der Waals surface area contributed by atoms with Crippen LogP contribution in [0.15, 0.2) is 59.5 Å². The van der Waals surface area contributed by atoms with E-state index >= 15 is 0 Å². The van der Waals surface area contributed by atoms with Crippen molar-refractivity contribution in [1.29, 1.82) is 0 Å². The van der Waals surface area contributed by atoms with Crippen LogP contribution in [0.5, 0.6) is 0 Å². The lowest BCUT2D eigenvalue weighted by molar-refractivity contribution is 0.101. The zero-order chi connectivity index (χ0) is 13.5.